The number of aryl methyl sites for hydroxylation is 1. The molecule has 3 aromatic carbocycles. The second-order valence-electron chi connectivity index (χ2n) is 9.65. The lowest BCUT2D eigenvalue weighted by molar-refractivity contribution is 0.0582. The van der Waals surface area contributed by atoms with Gasteiger partial charge < -0.3 is 4.90 Å². The fourth-order valence-corrected chi connectivity index (χ4v) is 6.68. The molecule has 4 aromatic rings. The summed E-state index contributed by atoms with van der Waals surface area (Å²) in [5.74, 6) is -0.151. The lowest BCUT2D eigenvalue weighted by Crippen LogP contribution is -2.49. The average Bonchev–Trinajstić information content (AvgIpc) is 2.93. The van der Waals surface area contributed by atoms with Crippen molar-refractivity contribution >= 4 is 26.6 Å². The van der Waals surface area contributed by atoms with Gasteiger partial charge in [0.05, 0.1) is 16.2 Å². The molecule has 0 spiro atoms. The van der Waals surface area contributed by atoms with E-state index in [1.165, 1.54) is 5.56 Å². The Kier molecular flexibility index (Phi) is 7.09. The van der Waals surface area contributed by atoms with Crippen LogP contribution in [0.3, 0.4) is 0 Å². The number of carbonyl (C=O) groups excluding carboxylic acids is 1. The van der Waals surface area contributed by atoms with Gasteiger partial charge >= 0.3 is 0 Å². The minimum atomic E-state index is -3.62. The Hall–Kier alpha value is -3.55. The number of aromatic nitrogens is 1. The zero-order chi connectivity index (χ0) is 26.0. The number of rotatable bonds is 6. The van der Waals surface area contributed by atoms with E-state index in [-0.39, 0.29) is 16.6 Å². The van der Waals surface area contributed by atoms with E-state index in [1.54, 1.807) is 36.5 Å². The number of benzene rings is 3. The molecule has 1 amide bonds. The lowest BCUT2D eigenvalue weighted by atomic mass is 10.0. The van der Waals surface area contributed by atoms with Gasteiger partial charge in [0.2, 0.25) is 0 Å². The summed E-state index contributed by atoms with van der Waals surface area (Å²) in [6.07, 6.45) is 1.61. The SMILES string of the molecule is Cc1cc(C(=O)N2CCN(C(C)c3ccccc3)CC2)ccc1CS(=O)(=O)c1cccc2cccnc12. The summed E-state index contributed by atoms with van der Waals surface area (Å²) < 4.78 is 26.6. The number of fused-ring (bicyclic) bond motifs is 1. The quantitative estimate of drug-likeness (QED) is 0.361. The highest BCUT2D eigenvalue weighted by atomic mass is 32.2. The monoisotopic (exact) mass is 513 g/mol. The maximum Gasteiger partial charge on any atom is 0.253 e. The van der Waals surface area contributed by atoms with Crippen LogP contribution in [0.4, 0.5) is 0 Å². The van der Waals surface area contributed by atoms with E-state index in [1.807, 2.05) is 36.1 Å². The molecule has 6 nitrogen and oxygen atoms in total. The summed E-state index contributed by atoms with van der Waals surface area (Å²) in [6, 6.07) is 24.9. The van der Waals surface area contributed by atoms with Crippen molar-refractivity contribution < 1.29 is 13.2 Å². The minimum absolute atomic E-state index is 0.0113. The molecular weight excluding hydrogens is 482 g/mol. The second-order valence-corrected chi connectivity index (χ2v) is 11.6. The van der Waals surface area contributed by atoms with E-state index >= 15 is 0 Å². The first-order valence-electron chi connectivity index (χ1n) is 12.6. The first-order chi connectivity index (χ1) is 17.8. The fourth-order valence-electron chi connectivity index (χ4n) is 5.04. The van der Waals surface area contributed by atoms with Gasteiger partial charge in [0.15, 0.2) is 9.84 Å². The summed E-state index contributed by atoms with van der Waals surface area (Å²) in [5.41, 5.74) is 3.83. The number of piperazine rings is 1. The Morgan fingerprint density at radius 2 is 1.65 bits per heavy atom. The van der Waals surface area contributed by atoms with E-state index in [9.17, 15) is 13.2 Å². The molecule has 1 aliphatic rings. The molecule has 1 fully saturated rings. The zero-order valence-electron chi connectivity index (χ0n) is 21.2. The molecule has 190 valence electrons. The van der Waals surface area contributed by atoms with Crippen LogP contribution in [0.25, 0.3) is 10.9 Å². The van der Waals surface area contributed by atoms with Crippen molar-refractivity contribution in [2.24, 2.45) is 0 Å². The van der Waals surface area contributed by atoms with Crippen LogP contribution in [0.15, 0.2) is 90.0 Å². The number of pyridine rings is 1. The number of nitrogens with zero attached hydrogens (tertiary/aromatic N) is 3. The highest BCUT2D eigenvalue weighted by Crippen LogP contribution is 2.26. The Morgan fingerprint density at radius 1 is 0.919 bits per heavy atom. The Morgan fingerprint density at radius 3 is 2.38 bits per heavy atom. The molecule has 7 heteroatoms. The van der Waals surface area contributed by atoms with Crippen molar-refractivity contribution in [3.63, 3.8) is 0 Å². The van der Waals surface area contributed by atoms with Crippen molar-refractivity contribution in [3.8, 4) is 0 Å². The third-order valence-corrected chi connectivity index (χ3v) is 8.99. The van der Waals surface area contributed by atoms with Gasteiger partial charge in [0.1, 0.15) is 0 Å². The van der Waals surface area contributed by atoms with Crippen molar-refractivity contribution in [3.05, 3.63) is 107 Å². The molecule has 0 radical (unpaired) electrons. The molecule has 1 aliphatic heterocycles. The highest BCUT2D eigenvalue weighted by Gasteiger charge is 2.26. The van der Waals surface area contributed by atoms with Crippen LogP contribution < -0.4 is 0 Å². The minimum Gasteiger partial charge on any atom is -0.336 e. The van der Waals surface area contributed by atoms with Gasteiger partial charge in [-0.1, -0.05) is 54.6 Å². The highest BCUT2D eigenvalue weighted by molar-refractivity contribution is 7.90. The number of carbonyl (C=O) groups is 1. The molecule has 1 atom stereocenters. The third kappa shape index (κ3) is 5.29. The number of amides is 1. The van der Waals surface area contributed by atoms with E-state index in [2.05, 4.69) is 41.1 Å². The topological polar surface area (TPSA) is 70.6 Å². The van der Waals surface area contributed by atoms with E-state index in [4.69, 9.17) is 0 Å². The summed E-state index contributed by atoms with van der Waals surface area (Å²) >= 11 is 0. The smallest absolute Gasteiger partial charge is 0.253 e. The largest absolute Gasteiger partial charge is 0.336 e. The predicted molar refractivity (Wildman–Crippen MR) is 146 cm³/mol. The second kappa shape index (κ2) is 10.4. The Balaban J connectivity index is 1.27. The molecule has 37 heavy (non-hydrogen) atoms. The molecule has 5 rings (SSSR count). The summed E-state index contributed by atoms with van der Waals surface area (Å²) in [7, 11) is -3.62. The first kappa shape index (κ1) is 25.1. The van der Waals surface area contributed by atoms with E-state index in [0.29, 0.717) is 35.8 Å². The molecule has 0 bridgehead atoms. The van der Waals surface area contributed by atoms with Crippen molar-refractivity contribution in [2.45, 2.75) is 30.5 Å². The van der Waals surface area contributed by atoms with Gasteiger partial charge in [-0.05, 0) is 54.8 Å². The van der Waals surface area contributed by atoms with Crippen LogP contribution in [0.5, 0.6) is 0 Å². The van der Waals surface area contributed by atoms with Gasteiger partial charge in [-0.25, -0.2) is 8.42 Å². The normalized spacial score (nSPS) is 15.6. The van der Waals surface area contributed by atoms with Crippen LogP contribution in [-0.4, -0.2) is 55.3 Å². The number of hydrogen-bond acceptors (Lipinski definition) is 5. The van der Waals surface area contributed by atoms with Gasteiger partial charge in [-0.15, -0.1) is 0 Å². The zero-order valence-corrected chi connectivity index (χ0v) is 22.0. The first-order valence-corrected chi connectivity index (χ1v) is 14.2. The van der Waals surface area contributed by atoms with Crippen LogP contribution in [-0.2, 0) is 15.6 Å². The maximum atomic E-state index is 13.3. The van der Waals surface area contributed by atoms with Gasteiger partial charge in [-0.2, -0.15) is 0 Å². The lowest BCUT2D eigenvalue weighted by Gasteiger charge is -2.38. The van der Waals surface area contributed by atoms with Gasteiger partial charge in [-0.3, -0.25) is 14.7 Å². The Bertz CT molecular complexity index is 1520. The van der Waals surface area contributed by atoms with Crippen molar-refractivity contribution in [1.82, 2.24) is 14.8 Å². The summed E-state index contributed by atoms with van der Waals surface area (Å²) in [6.45, 7) is 7.03. The van der Waals surface area contributed by atoms with Crippen LogP contribution in [0, 0.1) is 6.92 Å². The standard InChI is InChI=1S/C30H31N3O3S/c1-22-20-26(30(34)33-18-16-32(17-19-33)23(2)24-8-4-3-5-9-24)13-14-27(22)21-37(35,36)28-12-6-10-25-11-7-15-31-29(25)28/h3-15,20,23H,16-19,21H2,1-2H3. The predicted octanol–water partition coefficient (Wildman–Crippen LogP) is 5.04. The molecule has 0 saturated carbocycles. The van der Waals surface area contributed by atoms with Crippen molar-refractivity contribution in [2.75, 3.05) is 26.2 Å². The van der Waals surface area contributed by atoms with Crippen LogP contribution in [0.1, 0.15) is 40.0 Å². The molecule has 0 N–H and O–H groups in total. The van der Waals surface area contributed by atoms with Gasteiger partial charge in [0, 0.05) is 49.4 Å². The van der Waals surface area contributed by atoms with Crippen molar-refractivity contribution in [1.29, 1.82) is 0 Å². The Labute approximate surface area is 218 Å². The van der Waals surface area contributed by atoms with E-state index < -0.39 is 9.84 Å². The van der Waals surface area contributed by atoms with E-state index in [0.717, 1.165) is 24.0 Å². The number of para-hydroxylation sites is 1. The average molecular weight is 514 g/mol. The fraction of sp³-hybridized carbons (Fsp3) is 0.267. The summed E-state index contributed by atoms with van der Waals surface area (Å²) in [5, 5.41) is 0.791. The molecule has 2 heterocycles. The number of sulfone groups is 1. The molecule has 1 saturated heterocycles. The number of hydrogen-bond donors (Lipinski definition) is 0. The van der Waals surface area contributed by atoms with Gasteiger partial charge in [0.25, 0.3) is 5.91 Å². The van der Waals surface area contributed by atoms with Crippen LogP contribution in [0.2, 0.25) is 0 Å². The third-order valence-electron chi connectivity index (χ3n) is 7.30. The molecule has 0 aliphatic carbocycles. The molecule has 1 unspecified atom stereocenters. The molecule has 1 aromatic heterocycles. The summed E-state index contributed by atoms with van der Waals surface area (Å²) in [4.78, 5) is 22.1. The molecular formula is C30H31N3O3S. The van der Waals surface area contributed by atoms with Crippen LogP contribution >= 0.6 is 0 Å². The maximum absolute atomic E-state index is 13.3.